The molecule has 2 rings (SSSR count). The summed E-state index contributed by atoms with van der Waals surface area (Å²) in [4.78, 5) is 2.43. The molecular formula is C8H15N. The molecule has 1 atom stereocenters. The predicted octanol–water partition coefficient (Wildman–Crippen LogP) is 1.35. The summed E-state index contributed by atoms with van der Waals surface area (Å²) in [6, 6.07) is 0. The molecule has 1 saturated heterocycles. The highest BCUT2D eigenvalue weighted by atomic mass is 15.2. The van der Waals surface area contributed by atoms with Gasteiger partial charge in [-0.2, -0.15) is 0 Å². The second kappa shape index (κ2) is 1.51. The third-order valence-electron chi connectivity index (χ3n) is 3.29. The highest BCUT2D eigenvalue weighted by Gasteiger charge is 2.50. The van der Waals surface area contributed by atoms with Crippen LogP contribution in [0.3, 0.4) is 0 Å². The Balaban J connectivity index is 1.97. The van der Waals surface area contributed by atoms with Crippen molar-refractivity contribution in [1.82, 2.24) is 4.90 Å². The molecule has 2 fully saturated rings. The number of rotatable bonds is 0. The lowest BCUT2D eigenvalue weighted by atomic mass is 9.57. The van der Waals surface area contributed by atoms with Gasteiger partial charge >= 0.3 is 0 Å². The summed E-state index contributed by atoms with van der Waals surface area (Å²) in [5.41, 5.74) is 0.800. The molecule has 1 aliphatic carbocycles. The van der Waals surface area contributed by atoms with E-state index >= 15 is 0 Å². The lowest BCUT2D eigenvalue weighted by molar-refractivity contribution is -0.0937. The van der Waals surface area contributed by atoms with Crippen molar-refractivity contribution in [2.45, 2.75) is 19.8 Å². The zero-order valence-electron chi connectivity index (χ0n) is 6.35. The lowest BCUT2D eigenvalue weighted by Crippen LogP contribution is -2.62. The Hall–Kier alpha value is -0.0400. The van der Waals surface area contributed by atoms with Crippen LogP contribution in [0.2, 0.25) is 0 Å². The monoisotopic (exact) mass is 125 g/mol. The summed E-state index contributed by atoms with van der Waals surface area (Å²) in [6.07, 6.45) is 2.98. The van der Waals surface area contributed by atoms with Gasteiger partial charge in [-0.3, -0.25) is 0 Å². The number of hydrogen-bond acceptors (Lipinski definition) is 1. The average Bonchev–Trinajstić information content (AvgIpc) is 1.77. The van der Waals surface area contributed by atoms with Crippen LogP contribution in [0.25, 0.3) is 0 Å². The fraction of sp³-hybridized carbons (Fsp3) is 1.00. The largest absolute Gasteiger partial charge is 0.305 e. The molecule has 0 radical (unpaired) electrons. The van der Waals surface area contributed by atoms with E-state index in [0.29, 0.717) is 0 Å². The van der Waals surface area contributed by atoms with Gasteiger partial charge in [0, 0.05) is 13.1 Å². The van der Waals surface area contributed by atoms with E-state index in [0.717, 1.165) is 11.3 Å². The fourth-order valence-electron chi connectivity index (χ4n) is 2.34. The van der Waals surface area contributed by atoms with Crippen molar-refractivity contribution >= 4 is 0 Å². The van der Waals surface area contributed by atoms with E-state index in [1.165, 1.54) is 25.9 Å². The van der Waals surface area contributed by atoms with Crippen molar-refractivity contribution in [2.24, 2.45) is 11.3 Å². The molecular weight excluding hydrogens is 110 g/mol. The first-order chi connectivity index (χ1) is 4.23. The number of hydrogen-bond donors (Lipinski definition) is 0. The van der Waals surface area contributed by atoms with Crippen molar-refractivity contribution < 1.29 is 0 Å². The standard InChI is InChI=1S/C8H15N/c1-7-3-4-8(7)5-9(2)6-8/h7H,3-6H2,1-2H3. The Morgan fingerprint density at radius 2 is 2.11 bits per heavy atom. The van der Waals surface area contributed by atoms with Gasteiger partial charge in [0.15, 0.2) is 0 Å². The van der Waals surface area contributed by atoms with Crippen LogP contribution in [0.1, 0.15) is 19.8 Å². The highest BCUT2D eigenvalue weighted by Crippen LogP contribution is 2.51. The van der Waals surface area contributed by atoms with Crippen molar-refractivity contribution in [3.05, 3.63) is 0 Å². The van der Waals surface area contributed by atoms with Crippen LogP contribution in [0.15, 0.2) is 0 Å². The molecule has 0 aromatic rings. The zero-order valence-corrected chi connectivity index (χ0v) is 6.35. The van der Waals surface area contributed by atoms with Gasteiger partial charge < -0.3 is 4.90 Å². The summed E-state index contributed by atoms with van der Waals surface area (Å²) in [7, 11) is 2.22. The van der Waals surface area contributed by atoms with Crippen LogP contribution < -0.4 is 0 Å². The molecule has 1 heterocycles. The maximum atomic E-state index is 2.43. The van der Waals surface area contributed by atoms with Crippen LogP contribution in [-0.4, -0.2) is 25.0 Å². The topological polar surface area (TPSA) is 3.24 Å². The molecule has 2 aliphatic rings. The van der Waals surface area contributed by atoms with E-state index < -0.39 is 0 Å². The van der Waals surface area contributed by atoms with Crippen LogP contribution in [0.5, 0.6) is 0 Å². The molecule has 0 N–H and O–H groups in total. The molecule has 0 aromatic carbocycles. The van der Waals surface area contributed by atoms with Gasteiger partial charge in [-0.05, 0) is 31.2 Å². The van der Waals surface area contributed by atoms with E-state index in [-0.39, 0.29) is 0 Å². The van der Waals surface area contributed by atoms with Crippen LogP contribution in [-0.2, 0) is 0 Å². The zero-order chi connectivity index (χ0) is 6.48. The van der Waals surface area contributed by atoms with Crippen molar-refractivity contribution in [3.63, 3.8) is 0 Å². The molecule has 0 bridgehead atoms. The number of nitrogens with zero attached hydrogens (tertiary/aromatic N) is 1. The normalized spacial score (nSPS) is 40.0. The first-order valence-electron chi connectivity index (χ1n) is 3.91. The third kappa shape index (κ3) is 0.586. The van der Waals surface area contributed by atoms with Crippen LogP contribution >= 0.6 is 0 Å². The minimum absolute atomic E-state index is 0.800. The minimum atomic E-state index is 0.800. The maximum absolute atomic E-state index is 2.43. The molecule has 52 valence electrons. The highest BCUT2D eigenvalue weighted by molar-refractivity contribution is 5.03. The van der Waals surface area contributed by atoms with Crippen LogP contribution in [0.4, 0.5) is 0 Å². The molecule has 0 amide bonds. The minimum Gasteiger partial charge on any atom is -0.305 e. The second-order valence-corrected chi connectivity index (χ2v) is 3.97. The SMILES string of the molecule is CC1CCC12CN(C)C2. The molecule has 1 nitrogen and oxygen atoms in total. The molecule has 1 aliphatic heterocycles. The van der Waals surface area contributed by atoms with Gasteiger partial charge in [-0.15, -0.1) is 0 Å². The summed E-state index contributed by atoms with van der Waals surface area (Å²) < 4.78 is 0. The molecule has 0 aromatic heterocycles. The van der Waals surface area contributed by atoms with Crippen LogP contribution in [0, 0.1) is 11.3 Å². The predicted molar refractivity (Wildman–Crippen MR) is 38.3 cm³/mol. The van der Waals surface area contributed by atoms with Gasteiger partial charge in [0.05, 0.1) is 0 Å². The Morgan fingerprint density at radius 3 is 2.22 bits per heavy atom. The van der Waals surface area contributed by atoms with Crippen molar-refractivity contribution in [3.8, 4) is 0 Å². The Labute approximate surface area is 57.0 Å². The Kier molecular flexibility index (Phi) is 0.963. The Bertz CT molecular complexity index is 125. The maximum Gasteiger partial charge on any atom is 0.00500 e. The summed E-state index contributed by atoms with van der Waals surface area (Å²) >= 11 is 0. The van der Waals surface area contributed by atoms with E-state index in [1.807, 2.05) is 0 Å². The molecule has 1 heteroatoms. The smallest absolute Gasteiger partial charge is 0.00500 e. The molecule has 1 unspecified atom stereocenters. The van der Waals surface area contributed by atoms with Gasteiger partial charge in [0.2, 0.25) is 0 Å². The molecule has 9 heavy (non-hydrogen) atoms. The second-order valence-electron chi connectivity index (χ2n) is 3.97. The van der Waals surface area contributed by atoms with Gasteiger partial charge in [-0.25, -0.2) is 0 Å². The van der Waals surface area contributed by atoms with Gasteiger partial charge in [-0.1, -0.05) is 6.92 Å². The van der Waals surface area contributed by atoms with E-state index in [9.17, 15) is 0 Å². The summed E-state index contributed by atoms with van der Waals surface area (Å²) in [5.74, 6) is 1.02. The first kappa shape index (κ1) is 5.72. The summed E-state index contributed by atoms with van der Waals surface area (Å²) in [6.45, 7) is 5.14. The molecule has 1 spiro atoms. The Morgan fingerprint density at radius 1 is 1.44 bits per heavy atom. The first-order valence-corrected chi connectivity index (χ1v) is 3.91. The molecule has 1 saturated carbocycles. The summed E-state index contributed by atoms with van der Waals surface area (Å²) in [5, 5.41) is 0. The van der Waals surface area contributed by atoms with Gasteiger partial charge in [0.25, 0.3) is 0 Å². The quantitative estimate of drug-likeness (QED) is 0.472. The van der Waals surface area contributed by atoms with Crippen molar-refractivity contribution in [1.29, 1.82) is 0 Å². The van der Waals surface area contributed by atoms with E-state index in [4.69, 9.17) is 0 Å². The lowest BCUT2D eigenvalue weighted by Gasteiger charge is -2.59. The van der Waals surface area contributed by atoms with Gasteiger partial charge in [0.1, 0.15) is 0 Å². The van der Waals surface area contributed by atoms with E-state index in [1.54, 1.807) is 0 Å². The average molecular weight is 125 g/mol. The van der Waals surface area contributed by atoms with Crippen molar-refractivity contribution in [2.75, 3.05) is 20.1 Å². The third-order valence-corrected chi connectivity index (χ3v) is 3.29. The number of likely N-dealkylation sites (tertiary alicyclic amines) is 1. The fourth-order valence-corrected chi connectivity index (χ4v) is 2.34. The van der Waals surface area contributed by atoms with E-state index in [2.05, 4.69) is 18.9 Å².